The Balaban J connectivity index is 2.31. The Morgan fingerprint density at radius 2 is 1.00 bits per heavy atom. The lowest BCUT2D eigenvalue weighted by atomic mass is 9.61. The summed E-state index contributed by atoms with van der Waals surface area (Å²) in [7, 11) is 0. The van der Waals surface area contributed by atoms with Crippen molar-refractivity contribution in [1.82, 2.24) is 10.1 Å². The Morgan fingerprint density at radius 1 is 0.731 bits per heavy atom. The third-order valence-corrected chi connectivity index (χ3v) is 7.09. The number of rotatable bonds is 4. The molecule has 1 radical (unpaired) electrons. The highest BCUT2D eigenvalue weighted by Crippen LogP contribution is 2.51. The molecule has 4 heteroatoms. The Hall–Kier alpha value is -0.160. The number of piperidine rings is 2. The lowest BCUT2D eigenvalue weighted by molar-refractivity contribution is -0.267. The summed E-state index contributed by atoms with van der Waals surface area (Å²) in [6.07, 6.45) is 6.13. The third kappa shape index (κ3) is 4.14. The van der Waals surface area contributed by atoms with E-state index < -0.39 is 0 Å². The molecule has 26 heavy (non-hydrogen) atoms. The fourth-order valence-electron chi connectivity index (χ4n) is 6.39. The molecule has 0 aromatic rings. The first-order chi connectivity index (χ1) is 11.6. The Labute approximate surface area is 161 Å². The molecule has 153 valence electrons. The van der Waals surface area contributed by atoms with Crippen LogP contribution in [-0.2, 0) is 0 Å². The smallest absolute Gasteiger partial charge is 0.0413 e. The summed E-state index contributed by atoms with van der Waals surface area (Å²) in [5.74, 6) is 1.74. The maximum absolute atomic E-state index is 10.7. The average Bonchev–Trinajstić information content (AvgIpc) is 2.46. The van der Waals surface area contributed by atoms with Crippen LogP contribution in [0.1, 0.15) is 93.9 Å². The van der Waals surface area contributed by atoms with E-state index in [0.717, 1.165) is 38.5 Å². The van der Waals surface area contributed by atoms with Gasteiger partial charge in [-0.3, -0.25) is 0 Å². The van der Waals surface area contributed by atoms with Gasteiger partial charge in [0.05, 0.1) is 0 Å². The Morgan fingerprint density at radius 3 is 1.23 bits per heavy atom. The van der Waals surface area contributed by atoms with Crippen molar-refractivity contribution in [2.75, 3.05) is 0 Å². The summed E-state index contributed by atoms with van der Waals surface area (Å²) >= 11 is 0. The standard InChI is InChI=1S/C22H43N2O2/c1-10-11-18(16-12-19(2,3)23(25)20(4,5)13-16)17-14-21(6,7)24(26)22(8,9)15-17/h16-18,25-26H,1,10-15H2,2-9H3. The molecular formula is C22H43N2O2. The first-order valence-corrected chi connectivity index (χ1v) is 10.4. The predicted octanol–water partition coefficient (Wildman–Crippen LogP) is 5.53. The van der Waals surface area contributed by atoms with Gasteiger partial charge in [0.25, 0.3) is 0 Å². The molecule has 0 spiro atoms. The summed E-state index contributed by atoms with van der Waals surface area (Å²) in [5.41, 5.74) is -0.855. The third-order valence-electron chi connectivity index (χ3n) is 7.09. The molecule has 2 fully saturated rings. The van der Waals surface area contributed by atoms with E-state index >= 15 is 0 Å². The maximum atomic E-state index is 10.7. The lowest BCUT2D eigenvalue weighted by Crippen LogP contribution is -2.62. The minimum Gasteiger partial charge on any atom is -0.313 e. The van der Waals surface area contributed by atoms with Crippen LogP contribution in [0.3, 0.4) is 0 Å². The molecular weight excluding hydrogens is 324 g/mol. The molecule has 0 atom stereocenters. The molecule has 2 N–H and O–H groups in total. The zero-order chi connectivity index (χ0) is 20.1. The summed E-state index contributed by atoms with van der Waals surface area (Å²) in [4.78, 5) is 0. The monoisotopic (exact) mass is 367 g/mol. The first-order valence-electron chi connectivity index (χ1n) is 10.4. The zero-order valence-electron chi connectivity index (χ0n) is 18.5. The van der Waals surface area contributed by atoms with Gasteiger partial charge in [0.2, 0.25) is 0 Å². The van der Waals surface area contributed by atoms with Crippen LogP contribution in [0, 0.1) is 24.7 Å². The quantitative estimate of drug-likeness (QED) is 0.685. The van der Waals surface area contributed by atoms with E-state index in [1.165, 1.54) is 0 Å². The molecule has 0 saturated carbocycles. The molecule has 4 nitrogen and oxygen atoms in total. The van der Waals surface area contributed by atoms with Gasteiger partial charge in [-0.15, -0.1) is 0 Å². The second-order valence-corrected chi connectivity index (χ2v) is 11.5. The van der Waals surface area contributed by atoms with Gasteiger partial charge in [-0.25, -0.2) is 0 Å². The van der Waals surface area contributed by atoms with Crippen LogP contribution in [0.2, 0.25) is 0 Å². The average molecular weight is 368 g/mol. The van der Waals surface area contributed by atoms with Crippen LogP contribution in [0.25, 0.3) is 0 Å². The van der Waals surface area contributed by atoms with Gasteiger partial charge in [-0.1, -0.05) is 13.3 Å². The number of hydrogen-bond acceptors (Lipinski definition) is 4. The minimum absolute atomic E-state index is 0.214. The Bertz CT molecular complexity index is 420. The molecule has 0 unspecified atom stereocenters. The van der Waals surface area contributed by atoms with Gasteiger partial charge in [-0.2, -0.15) is 10.1 Å². The highest BCUT2D eigenvalue weighted by atomic mass is 16.5. The van der Waals surface area contributed by atoms with Crippen molar-refractivity contribution in [3.8, 4) is 0 Å². The van der Waals surface area contributed by atoms with E-state index in [1.807, 2.05) is 0 Å². The van der Waals surface area contributed by atoms with Crippen molar-refractivity contribution in [1.29, 1.82) is 0 Å². The van der Waals surface area contributed by atoms with Gasteiger partial charge in [0.1, 0.15) is 0 Å². The summed E-state index contributed by atoms with van der Waals surface area (Å²) in [5, 5.41) is 24.5. The van der Waals surface area contributed by atoms with Crippen molar-refractivity contribution in [3.05, 3.63) is 6.92 Å². The van der Waals surface area contributed by atoms with Crippen LogP contribution in [-0.4, -0.2) is 42.7 Å². The van der Waals surface area contributed by atoms with Crippen LogP contribution >= 0.6 is 0 Å². The van der Waals surface area contributed by atoms with Crippen molar-refractivity contribution in [2.45, 2.75) is 116 Å². The normalized spacial score (nSPS) is 30.0. The topological polar surface area (TPSA) is 46.9 Å². The highest BCUT2D eigenvalue weighted by molar-refractivity contribution is 5.02. The molecule has 2 aliphatic heterocycles. The molecule has 0 aromatic carbocycles. The minimum atomic E-state index is -0.214. The molecule has 0 bridgehead atoms. The highest BCUT2D eigenvalue weighted by Gasteiger charge is 2.51. The maximum Gasteiger partial charge on any atom is 0.0413 e. The largest absolute Gasteiger partial charge is 0.313 e. The van der Waals surface area contributed by atoms with Gasteiger partial charge in [-0.05, 0) is 105 Å². The lowest BCUT2D eigenvalue weighted by Gasteiger charge is -2.57. The first kappa shape index (κ1) is 22.1. The van der Waals surface area contributed by atoms with Crippen molar-refractivity contribution in [3.63, 3.8) is 0 Å². The van der Waals surface area contributed by atoms with Crippen LogP contribution in [0.4, 0.5) is 0 Å². The fourth-order valence-corrected chi connectivity index (χ4v) is 6.39. The van der Waals surface area contributed by atoms with Crippen LogP contribution in [0.5, 0.6) is 0 Å². The van der Waals surface area contributed by atoms with Gasteiger partial charge < -0.3 is 10.4 Å². The summed E-state index contributed by atoms with van der Waals surface area (Å²) < 4.78 is 0. The fraction of sp³-hybridized carbons (Fsp3) is 0.955. The van der Waals surface area contributed by atoms with Crippen molar-refractivity contribution >= 4 is 0 Å². The second-order valence-electron chi connectivity index (χ2n) is 11.5. The number of hydrogen-bond donors (Lipinski definition) is 2. The molecule has 0 aliphatic carbocycles. The SMILES string of the molecule is [CH2]CCC(C1CC(C)(C)N(O)C(C)(C)C1)C1CC(C)(C)N(O)C(C)(C)C1. The molecule has 0 amide bonds. The van der Waals surface area contributed by atoms with E-state index in [9.17, 15) is 10.4 Å². The van der Waals surface area contributed by atoms with Gasteiger partial charge >= 0.3 is 0 Å². The van der Waals surface area contributed by atoms with Gasteiger partial charge in [0, 0.05) is 22.2 Å². The van der Waals surface area contributed by atoms with Crippen LogP contribution < -0.4 is 0 Å². The van der Waals surface area contributed by atoms with Crippen LogP contribution in [0.15, 0.2) is 0 Å². The van der Waals surface area contributed by atoms with E-state index in [-0.39, 0.29) is 22.2 Å². The molecule has 2 heterocycles. The molecule has 0 aromatic heterocycles. The predicted molar refractivity (Wildman–Crippen MR) is 107 cm³/mol. The van der Waals surface area contributed by atoms with E-state index in [4.69, 9.17) is 0 Å². The number of hydroxylamine groups is 4. The second kappa shape index (κ2) is 7.02. The summed E-state index contributed by atoms with van der Waals surface area (Å²) in [6.45, 7) is 21.4. The molecule has 2 aliphatic rings. The molecule has 2 saturated heterocycles. The summed E-state index contributed by atoms with van der Waals surface area (Å²) in [6, 6.07) is 0. The van der Waals surface area contributed by atoms with E-state index in [1.54, 1.807) is 10.1 Å². The number of nitrogens with zero attached hydrogens (tertiary/aromatic N) is 2. The Kier molecular flexibility index (Phi) is 5.98. The van der Waals surface area contributed by atoms with Crippen molar-refractivity contribution in [2.24, 2.45) is 17.8 Å². The van der Waals surface area contributed by atoms with E-state index in [0.29, 0.717) is 17.8 Å². The van der Waals surface area contributed by atoms with Gasteiger partial charge in [0.15, 0.2) is 0 Å². The molecule has 2 rings (SSSR count). The van der Waals surface area contributed by atoms with E-state index in [2.05, 4.69) is 62.3 Å². The van der Waals surface area contributed by atoms with Crippen molar-refractivity contribution < 1.29 is 10.4 Å². The zero-order valence-corrected chi connectivity index (χ0v) is 18.5.